The van der Waals surface area contributed by atoms with Gasteiger partial charge in [-0.25, -0.2) is 0 Å². The molecule has 1 saturated heterocycles. The molecule has 0 aliphatic carbocycles. The van der Waals surface area contributed by atoms with Gasteiger partial charge in [0, 0.05) is 33.7 Å². The molecule has 1 aliphatic rings. The minimum Gasteiger partial charge on any atom is -0.480 e. The Kier molecular flexibility index (Phi) is 5.41. The lowest BCUT2D eigenvalue weighted by molar-refractivity contribution is -0.131. The number of rotatable bonds is 6. The fourth-order valence-electron chi connectivity index (χ4n) is 2.33. The summed E-state index contributed by atoms with van der Waals surface area (Å²) >= 11 is 1.58. The van der Waals surface area contributed by atoms with E-state index in [0.29, 0.717) is 12.4 Å². The third-order valence-electron chi connectivity index (χ3n) is 3.58. The molecule has 6 nitrogen and oxygen atoms in total. The minimum atomic E-state index is -0.183. The molecule has 2 rings (SSSR count). The van der Waals surface area contributed by atoms with E-state index in [0.717, 1.165) is 35.9 Å². The first kappa shape index (κ1) is 16.0. The quantitative estimate of drug-likeness (QED) is 0.858. The van der Waals surface area contributed by atoms with Crippen LogP contribution in [-0.4, -0.2) is 56.1 Å². The van der Waals surface area contributed by atoms with Gasteiger partial charge in [0.25, 0.3) is 0 Å². The van der Waals surface area contributed by atoms with E-state index in [1.807, 2.05) is 30.8 Å². The van der Waals surface area contributed by atoms with Crippen LogP contribution in [0.1, 0.15) is 24.6 Å². The van der Waals surface area contributed by atoms with Crippen molar-refractivity contribution in [2.75, 3.05) is 39.2 Å². The maximum atomic E-state index is 12.2. The number of aromatic nitrogens is 1. The van der Waals surface area contributed by atoms with Gasteiger partial charge >= 0.3 is 0 Å². The number of hydrogen-bond acceptors (Lipinski definition) is 6. The van der Waals surface area contributed by atoms with Crippen molar-refractivity contribution in [3.05, 3.63) is 4.88 Å². The van der Waals surface area contributed by atoms with Crippen LogP contribution in [0.15, 0.2) is 0 Å². The smallest absolute Gasteiger partial charge is 0.239 e. The van der Waals surface area contributed by atoms with E-state index < -0.39 is 0 Å². The zero-order chi connectivity index (χ0) is 15.4. The average Bonchev–Trinajstić information content (AvgIpc) is 3.12. The van der Waals surface area contributed by atoms with Crippen LogP contribution in [0.5, 0.6) is 5.88 Å². The van der Waals surface area contributed by atoms with Crippen molar-refractivity contribution in [3.8, 4) is 5.88 Å². The Balaban J connectivity index is 1.93. The predicted octanol–water partition coefficient (Wildman–Crippen LogP) is 1.32. The van der Waals surface area contributed by atoms with E-state index >= 15 is 0 Å². The Bertz CT molecular complexity index is 483. The van der Waals surface area contributed by atoms with Crippen molar-refractivity contribution in [2.45, 2.75) is 32.4 Å². The molecule has 1 unspecified atom stereocenters. The second-order valence-corrected chi connectivity index (χ2v) is 6.52. The minimum absolute atomic E-state index is 0.183. The summed E-state index contributed by atoms with van der Waals surface area (Å²) < 4.78 is 5.31. The van der Waals surface area contributed by atoms with Crippen molar-refractivity contribution >= 4 is 22.4 Å². The summed E-state index contributed by atoms with van der Waals surface area (Å²) in [5.41, 5.74) is 0. The summed E-state index contributed by atoms with van der Waals surface area (Å²) in [4.78, 5) is 21.6. The lowest BCUT2D eigenvalue weighted by atomic mass is 10.3. The highest BCUT2D eigenvalue weighted by molar-refractivity contribution is 7.15. The normalized spacial score (nSPS) is 16.1. The first-order valence-electron chi connectivity index (χ1n) is 7.26. The number of nitrogens with one attached hydrogen (secondary N) is 1. The van der Waals surface area contributed by atoms with Crippen LogP contribution >= 0.6 is 11.3 Å². The van der Waals surface area contributed by atoms with Crippen LogP contribution < -0.4 is 15.0 Å². The van der Waals surface area contributed by atoms with Gasteiger partial charge in [-0.15, -0.1) is 0 Å². The van der Waals surface area contributed by atoms with Crippen molar-refractivity contribution in [1.29, 1.82) is 0 Å². The second kappa shape index (κ2) is 7.09. The first-order chi connectivity index (χ1) is 10.0. The molecule has 118 valence electrons. The number of methoxy groups -OCH3 is 1. The summed E-state index contributed by atoms with van der Waals surface area (Å²) in [6.07, 6.45) is 2.24. The molecule has 7 heteroatoms. The maximum absolute atomic E-state index is 12.2. The zero-order valence-electron chi connectivity index (χ0n) is 13.2. The van der Waals surface area contributed by atoms with Gasteiger partial charge in [0.1, 0.15) is 0 Å². The van der Waals surface area contributed by atoms with E-state index in [4.69, 9.17) is 4.74 Å². The number of amides is 1. The number of thiazole rings is 1. The largest absolute Gasteiger partial charge is 0.480 e. The number of anilines is 1. The van der Waals surface area contributed by atoms with Crippen molar-refractivity contribution < 1.29 is 9.53 Å². The summed E-state index contributed by atoms with van der Waals surface area (Å²) in [5, 5.41) is 4.19. The Morgan fingerprint density at radius 2 is 2.14 bits per heavy atom. The predicted molar refractivity (Wildman–Crippen MR) is 85.1 cm³/mol. The molecule has 21 heavy (non-hydrogen) atoms. The molecular formula is C14H24N4O2S. The molecule has 0 saturated carbocycles. The van der Waals surface area contributed by atoms with Crippen LogP contribution in [0.25, 0.3) is 0 Å². The molecule has 0 aromatic carbocycles. The molecule has 1 N–H and O–H groups in total. The lowest BCUT2D eigenvalue weighted by Crippen LogP contribution is -2.43. The number of nitrogens with zero attached hydrogens (tertiary/aromatic N) is 3. The lowest BCUT2D eigenvalue weighted by Gasteiger charge is -2.21. The van der Waals surface area contributed by atoms with E-state index in [9.17, 15) is 4.79 Å². The highest BCUT2D eigenvalue weighted by atomic mass is 32.1. The molecular weight excluding hydrogens is 288 g/mol. The summed E-state index contributed by atoms with van der Waals surface area (Å²) in [5.74, 6) is 0.820. The van der Waals surface area contributed by atoms with Gasteiger partial charge in [0.2, 0.25) is 11.8 Å². The van der Waals surface area contributed by atoms with Gasteiger partial charge < -0.3 is 19.9 Å². The number of likely N-dealkylation sites (tertiary alicyclic amines) is 1. The monoisotopic (exact) mass is 312 g/mol. The van der Waals surface area contributed by atoms with E-state index in [1.165, 1.54) is 0 Å². The molecule has 0 spiro atoms. The SMILES string of the molecule is COc1nc(N(C)C)sc1CNC(C)C(=O)N1CCCC1. The number of ether oxygens (including phenoxy) is 1. The molecule has 1 aliphatic heterocycles. The van der Waals surface area contributed by atoms with Crippen LogP contribution in [0.3, 0.4) is 0 Å². The molecule has 1 aromatic heterocycles. The molecule has 0 bridgehead atoms. The summed E-state index contributed by atoms with van der Waals surface area (Å²) in [6, 6.07) is -0.183. The molecule has 1 aromatic rings. The van der Waals surface area contributed by atoms with Crippen LogP contribution in [-0.2, 0) is 11.3 Å². The third kappa shape index (κ3) is 3.85. The Morgan fingerprint density at radius 3 is 2.71 bits per heavy atom. The fraction of sp³-hybridized carbons (Fsp3) is 0.714. The van der Waals surface area contributed by atoms with Gasteiger partial charge in [-0.05, 0) is 19.8 Å². The molecule has 1 atom stereocenters. The second-order valence-electron chi connectivity index (χ2n) is 5.46. The molecule has 0 radical (unpaired) electrons. The highest BCUT2D eigenvalue weighted by Crippen LogP contribution is 2.30. The van der Waals surface area contributed by atoms with Gasteiger partial charge in [0.05, 0.1) is 18.0 Å². The Morgan fingerprint density at radius 1 is 1.48 bits per heavy atom. The average molecular weight is 312 g/mol. The Labute approximate surface area is 130 Å². The standard InChI is InChI=1S/C14H24N4O2S/c1-10(13(19)18-7-5-6-8-18)15-9-11-12(20-4)16-14(21-11)17(2)3/h10,15H,5-9H2,1-4H3. The van der Waals surface area contributed by atoms with Gasteiger partial charge in [-0.3, -0.25) is 4.79 Å². The molecule has 2 heterocycles. The first-order valence-corrected chi connectivity index (χ1v) is 8.07. The van der Waals surface area contributed by atoms with Crippen LogP contribution in [0.4, 0.5) is 5.13 Å². The van der Waals surface area contributed by atoms with Crippen molar-refractivity contribution in [2.24, 2.45) is 0 Å². The van der Waals surface area contributed by atoms with Crippen LogP contribution in [0, 0.1) is 0 Å². The topological polar surface area (TPSA) is 57.7 Å². The van der Waals surface area contributed by atoms with E-state index in [-0.39, 0.29) is 11.9 Å². The molecule has 1 fully saturated rings. The van der Waals surface area contributed by atoms with Crippen LogP contribution in [0.2, 0.25) is 0 Å². The zero-order valence-corrected chi connectivity index (χ0v) is 14.0. The maximum Gasteiger partial charge on any atom is 0.239 e. The number of carbonyl (C=O) groups excluding carboxylic acids is 1. The van der Waals surface area contributed by atoms with Crippen molar-refractivity contribution in [1.82, 2.24) is 15.2 Å². The summed E-state index contributed by atoms with van der Waals surface area (Å²) in [6.45, 7) is 4.29. The van der Waals surface area contributed by atoms with Gasteiger partial charge in [0.15, 0.2) is 5.13 Å². The molecule has 1 amide bonds. The Hall–Kier alpha value is -1.34. The fourth-order valence-corrected chi connectivity index (χ4v) is 3.24. The highest BCUT2D eigenvalue weighted by Gasteiger charge is 2.23. The van der Waals surface area contributed by atoms with E-state index in [1.54, 1.807) is 18.4 Å². The van der Waals surface area contributed by atoms with Gasteiger partial charge in [-0.1, -0.05) is 11.3 Å². The van der Waals surface area contributed by atoms with Gasteiger partial charge in [-0.2, -0.15) is 4.98 Å². The van der Waals surface area contributed by atoms with E-state index in [2.05, 4.69) is 10.3 Å². The van der Waals surface area contributed by atoms with Crippen molar-refractivity contribution in [3.63, 3.8) is 0 Å². The summed E-state index contributed by atoms with van der Waals surface area (Å²) in [7, 11) is 5.53. The third-order valence-corrected chi connectivity index (χ3v) is 4.79. The number of hydrogen-bond donors (Lipinski definition) is 1. The number of carbonyl (C=O) groups is 1.